The maximum atomic E-state index is 12.8. The molecular formula is C16H13ClN2O2. The number of hydrogen-bond donors (Lipinski definition) is 0. The largest absolute Gasteiger partial charge is 0.495 e. The van der Waals surface area contributed by atoms with Crippen LogP contribution < -0.4 is 10.3 Å². The van der Waals surface area contributed by atoms with Gasteiger partial charge in [0.05, 0.1) is 23.7 Å². The molecular weight excluding hydrogens is 288 g/mol. The summed E-state index contributed by atoms with van der Waals surface area (Å²) < 4.78 is 6.85. The van der Waals surface area contributed by atoms with E-state index >= 15 is 0 Å². The van der Waals surface area contributed by atoms with Crippen LogP contribution in [0.15, 0.2) is 47.3 Å². The summed E-state index contributed by atoms with van der Waals surface area (Å²) in [6.07, 6.45) is 0. The molecule has 3 rings (SSSR count). The van der Waals surface area contributed by atoms with Crippen molar-refractivity contribution in [2.75, 3.05) is 7.11 Å². The fraction of sp³-hybridized carbons (Fsp3) is 0.125. The number of ether oxygens (including phenoxy) is 1. The van der Waals surface area contributed by atoms with Crippen LogP contribution >= 0.6 is 11.6 Å². The van der Waals surface area contributed by atoms with E-state index < -0.39 is 0 Å². The molecule has 0 atom stereocenters. The highest BCUT2D eigenvalue weighted by atomic mass is 35.5. The number of methoxy groups -OCH3 is 1. The van der Waals surface area contributed by atoms with Crippen LogP contribution in [-0.4, -0.2) is 16.7 Å². The molecule has 0 aliphatic rings. The standard InChI is InChI=1S/C16H13ClN2O2/c1-10-18-13-6-4-3-5-12(13)16(20)19(10)14-9-11(17)7-8-15(14)21-2/h3-9H,1-2H3. The van der Waals surface area contributed by atoms with Gasteiger partial charge in [-0.1, -0.05) is 23.7 Å². The first-order valence-electron chi connectivity index (χ1n) is 6.44. The Bertz CT molecular complexity index is 887. The van der Waals surface area contributed by atoms with Crippen LogP contribution in [0.3, 0.4) is 0 Å². The van der Waals surface area contributed by atoms with Crippen molar-refractivity contribution in [2.45, 2.75) is 6.92 Å². The van der Waals surface area contributed by atoms with E-state index in [1.807, 2.05) is 18.2 Å². The predicted octanol–water partition coefficient (Wildman–Crippen LogP) is 3.36. The molecule has 0 aliphatic heterocycles. The zero-order valence-electron chi connectivity index (χ0n) is 11.6. The van der Waals surface area contributed by atoms with Gasteiger partial charge in [-0.25, -0.2) is 4.98 Å². The number of benzene rings is 2. The zero-order valence-corrected chi connectivity index (χ0v) is 12.4. The summed E-state index contributed by atoms with van der Waals surface area (Å²) in [6, 6.07) is 12.4. The van der Waals surface area contributed by atoms with E-state index in [2.05, 4.69) is 4.98 Å². The second-order valence-corrected chi connectivity index (χ2v) is 5.07. The van der Waals surface area contributed by atoms with Gasteiger partial charge < -0.3 is 4.74 Å². The Balaban J connectivity index is 2.41. The molecule has 0 amide bonds. The third kappa shape index (κ3) is 2.28. The fourth-order valence-electron chi connectivity index (χ4n) is 2.37. The lowest BCUT2D eigenvalue weighted by Gasteiger charge is -2.14. The van der Waals surface area contributed by atoms with E-state index in [0.717, 1.165) is 0 Å². The van der Waals surface area contributed by atoms with Crippen LogP contribution in [0.4, 0.5) is 0 Å². The van der Waals surface area contributed by atoms with Gasteiger partial charge in [-0.15, -0.1) is 0 Å². The second kappa shape index (κ2) is 5.22. The number of fused-ring (bicyclic) bond motifs is 1. The van der Waals surface area contributed by atoms with Crippen LogP contribution in [0.2, 0.25) is 5.02 Å². The molecule has 0 saturated carbocycles. The van der Waals surface area contributed by atoms with Crippen molar-refractivity contribution in [3.8, 4) is 11.4 Å². The van der Waals surface area contributed by atoms with Crippen LogP contribution in [0.5, 0.6) is 5.75 Å². The van der Waals surface area contributed by atoms with Gasteiger partial charge in [0.15, 0.2) is 0 Å². The quantitative estimate of drug-likeness (QED) is 0.729. The predicted molar refractivity (Wildman–Crippen MR) is 83.6 cm³/mol. The number of aromatic nitrogens is 2. The molecule has 0 spiro atoms. The highest BCUT2D eigenvalue weighted by Gasteiger charge is 2.13. The van der Waals surface area contributed by atoms with Crippen LogP contribution in [0, 0.1) is 6.92 Å². The molecule has 0 fully saturated rings. The van der Waals surface area contributed by atoms with Crippen molar-refractivity contribution >= 4 is 22.5 Å². The SMILES string of the molecule is COc1ccc(Cl)cc1-n1c(C)nc2ccccc2c1=O. The number of hydrogen-bond acceptors (Lipinski definition) is 3. The van der Waals surface area contributed by atoms with Gasteiger partial charge in [-0.05, 0) is 37.3 Å². The van der Waals surface area contributed by atoms with Gasteiger partial charge >= 0.3 is 0 Å². The Hall–Kier alpha value is -2.33. The Morgan fingerprint density at radius 2 is 1.95 bits per heavy atom. The highest BCUT2D eigenvalue weighted by molar-refractivity contribution is 6.30. The molecule has 1 heterocycles. The Labute approximate surface area is 126 Å². The van der Waals surface area contributed by atoms with E-state index in [1.54, 1.807) is 38.3 Å². The smallest absolute Gasteiger partial charge is 0.266 e. The monoisotopic (exact) mass is 300 g/mol. The Morgan fingerprint density at radius 1 is 1.19 bits per heavy atom. The maximum Gasteiger partial charge on any atom is 0.266 e. The van der Waals surface area contributed by atoms with Crippen molar-refractivity contribution < 1.29 is 4.74 Å². The summed E-state index contributed by atoms with van der Waals surface area (Å²) in [4.78, 5) is 17.2. The molecule has 2 aromatic carbocycles. The Kier molecular flexibility index (Phi) is 3.39. The van der Waals surface area contributed by atoms with Gasteiger partial charge in [0.1, 0.15) is 11.6 Å². The lowest BCUT2D eigenvalue weighted by molar-refractivity contribution is 0.412. The van der Waals surface area contributed by atoms with Crippen molar-refractivity contribution in [1.29, 1.82) is 0 Å². The van der Waals surface area contributed by atoms with Crippen LogP contribution in [0.25, 0.3) is 16.6 Å². The molecule has 5 heteroatoms. The van der Waals surface area contributed by atoms with Crippen molar-refractivity contribution in [3.63, 3.8) is 0 Å². The summed E-state index contributed by atoms with van der Waals surface area (Å²) in [5, 5.41) is 1.09. The molecule has 4 nitrogen and oxygen atoms in total. The molecule has 0 aliphatic carbocycles. The highest BCUT2D eigenvalue weighted by Crippen LogP contribution is 2.26. The minimum atomic E-state index is -0.140. The van der Waals surface area contributed by atoms with Crippen molar-refractivity contribution in [2.24, 2.45) is 0 Å². The first-order valence-corrected chi connectivity index (χ1v) is 6.82. The summed E-state index contributed by atoms with van der Waals surface area (Å²) in [7, 11) is 1.56. The van der Waals surface area contributed by atoms with Crippen LogP contribution in [0.1, 0.15) is 5.82 Å². The summed E-state index contributed by atoms with van der Waals surface area (Å²) in [5.74, 6) is 1.15. The fourth-order valence-corrected chi connectivity index (χ4v) is 2.53. The average Bonchev–Trinajstić information content (AvgIpc) is 2.47. The van der Waals surface area contributed by atoms with E-state index in [4.69, 9.17) is 16.3 Å². The second-order valence-electron chi connectivity index (χ2n) is 4.63. The summed E-state index contributed by atoms with van der Waals surface area (Å²) in [6.45, 7) is 1.79. The maximum absolute atomic E-state index is 12.8. The topological polar surface area (TPSA) is 44.1 Å². The lowest BCUT2D eigenvalue weighted by atomic mass is 10.2. The number of rotatable bonds is 2. The minimum absolute atomic E-state index is 0.140. The van der Waals surface area contributed by atoms with E-state index in [1.165, 1.54) is 4.57 Å². The first kappa shape index (κ1) is 13.6. The molecule has 106 valence electrons. The third-order valence-corrected chi connectivity index (χ3v) is 3.56. The summed E-state index contributed by atoms with van der Waals surface area (Å²) in [5.41, 5.74) is 1.13. The molecule has 0 saturated heterocycles. The van der Waals surface area contributed by atoms with Gasteiger partial charge in [0, 0.05) is 5.02 Å². The molecule has 0 N–H and O–H groups in total. The molecule has 3 aromatic rings. The van der Waals surface area contributed by atoms with Gasteiger partial charge in [-0.2, -0.15) is 0 Å². The van der Waals surface area contributed by atoms with E-state index in [9.17, 15) is 4.79 Å². The summed E-state index contributed by atoms with van der Waals surface area (Å²) >= 11 is 6.06. The molecule has 0 bridgehead atoms. The minimum Gasteiger partial charge on any atom is -0.495 e. The van der Waals surface area contributed by atoms with Crippen LogP contribution in [-0.2, 0) is 0 Å². The number of para-hydroxylation sites is 1. The zero-order chi connectivity index (χ0) is 15.0. The first-order chi connectivity index (χ1) is 10.1. The third-order valence-electron chi connectivity index (χ3n) is 3.33. The normalized spacial score (nSPS) is 10.8. The van der Waals surface area contributed by atoms with Gasteiger partial charge in [0.25, 0.3) is 5.56 Å². The number of halogens is 1. The van der Waals surface area contributed by atoms with E-state index in [-0.39, 0.29) is 5.56 Å². The molecule has 21 heavy (non-hydrogen) atoms. The molecule has 0 unspecified atom stereocenters. The van der Waals surface area contributed by atoms with Crippen molar-refractivity contribution in [1.82, 2.24) is 9.55 Å². The molecule has 0 radical (unpaired) electrons. The average molecular weight is 301 g/mol. The van der Waals surface area contributed by atoms with E-state index in [0.29, 0.717) is 33.2 Å². The Morgan fingerprint density at radius 3 is 2.71 bits per heavy atom. The lowest BCUT2D eigenvalue weighted by Crippen LogP contribution is -2.22. The number of aryl methyl sites for hydroxylation is 1. The van der Waals surface area contributed by atoms with Gasteiger partial charge in [0.2, 0.25) is 0 Å². The molecule has 1 aromatic heterocycles. The van der Waals surface area contributed by atoms with Crippen molar-refractivity contribution in [3.05, 3.63) is 63.7 Å². The number of nitrogens with zero attached hydrogens (tertiary/aromatic N) is 2. The van der Waals surface area contributed by atoms with Gasteiger partial charge in [-0.3, -0.25) is 9.36 Å².